The summed E-state index contributed by atoms with van der Waals surface area (Å²) in [6.07, 6.45) is 2.79. The maximum atomic E-state index is 12.7. The fourth-order valence-corrected chi connectivity index (χ4v) is 3.45. The third kappa shape index (κ3) is 2.66. The average Bonchev–Trinajstić information content (AvgIpc) is 3.34. The molecule has 2 aliphatic heterocycles. The van der Waals surface area contributed by atoms with Crippen LogP contribution in [0.1, 0.15) is 37.5 Å². The lowest BCUT2D eigenvalue weighted by molar-refractivity contribution is -0.135. The topological polar surface area (TPSA) is 91.0 Å². The van der Waals surface area contributed by atoms with E-state index >= 15 is 0 Å². The van der Waals surface area contributed by atoms with E-state index in [2.05, 4.69) is 20.5 Å². The number of likely N-dealkylation sites (tertiary alicyclic amines) is 1. The smallest absolute Gasteiger partial charge is 0.245 e. The molecule has 1 aromatic heterocycles. The van der Waals surface area contributed by atoms with Crippen molar-refractivity contribution < 1.29 is 9.59 Å². The largest absolute Gasteiger partial charge is 0.344 e. The van der Waals surface area contributed by atoms with E-state index in [0.717, 1.165) is 18.4 Å². The molecular weight excluding hydrogens is 306 g/mol. The number of carbonyl (C=O) groups is 2. The number of amides is 2. The van der Waals surface area contributed by atoms with E-state index in [1.54, 1.807) is 0 Å². The standard InChI is InChI=1S/C17H19N5O2/c23-14-9-8-12(18-14)17(24)22-10-4-7-13(22)16-19-15(20-21-16)11-5-2-1-3-6-11/h1-3,5-6,12-13H,4,7-10H2,(H,18,23)(H,19,20,21). The van der Waals surface area contributed by atoms with E-state index < -0.39 is 6.04 Å². The van der Waals surface area contributed by atoms with Gasteiger partial charge in [-0.2, -0.15) is 5.10 Å². The molecule has 0 radical (unpaired) electrons. The number of rotatable bonds is 3. The average molecular weight is 325 g/mol. The Kier molecular flexibility index (Phi) is 3.76. The van der Waals surface area contributed by atoms with Crippen LogP contribution < -0.4 is 5.32 Å². The maximum Gasteiger partial charge on any atom is 0.245 e. The molecule has 2 N–H and O–H groups in total. The van der Waals surface area contributed by atoms with E-state index in [1.807, 2.05) is 35.2 Å². The van der Waals surface area contributed by atoms with E-state index in [9.17, 15) is 9.59 Å². The van der Waals surface area contributed by atoms with Crippen molar-refractivity contribution in [3.8, 4) is 11.4 Å². The summed E-state index contributed by atoms with van der Waals surface area (Å²) in [5.41, 5.74) is 0.943. The second-order valence-corrected chi connectivity index (χ2v) is 6.26. The number of benzene rings is 1. The molecule has 2 aliphatic rings. The third-order valence-corrected chi connectivity index (χ3v) is 4.68. The molecule has 124 valence electrons. The van der Waals surface area contributed by atoms with Crippen molar-refractivity contribution in [1.82, 2.24) is 25.4 Å². The van der Waals surface area contributed by atoms with Gasteiger partial charge >= 0.3 is 0 Å². The first-order valence-electron chi connectivity index (χ1n) is 8.30. The second kappa shape index (κ2) is 6.07. The van der Waals surface area contributed by atoms with Crippen LogP contribution in [-0.2, 0) is 9.59 Å². The first-order chi connectivity index (χ1) is 11.7. The second-order valence-electron chi connectivity index (χ2n) is 6.26. The van der Waals surface area contributed by atoms with Gasteiger partial charge in [0.1, 0.15) is 11.9 Å². The van der Waals surface area contributed by atoms with Gasteiger partial charge in [-0.1, -0.05) is 30.3 Å². The van der Waals surface area contributed by atoms with Crippen LogP contribution in [0.15, 0.2) is 30.3 Å². The van der Waals surface area contributed by atoms with Crippen LogP contribution in [0.25, 0.3) is 11.4 Å². The zero-order valence-electron chi connectivity index (χ0n) is 13.2. The third-order valence-electron chi connectivity index (χ3n) is 4.68. The van der Waals surface area contributed by atoms with E-state index in [-0.39, 0.29) is 17.9 Å². The zero-order chi connectivity index (χ0) is 16.5. The molecule has 0 aliphatic carbocycles. The lowest BCUT2D eigenvalue weighted by Gasteiger charge is -2.25. The molecule has 7 heteroatoms. The fraction of sp³-hybridized carbons (Fsp3) is 0.412. The summed E-state index contributed by atoms with van der Waals surface area (Å²) in [5, 5.41) is 10.0. The van der Waals surface area contributed by atoms with Crippen LogP contribution in [0, 0.1) is 0 Å². The summed E-state index contributed by atoms with van der Waals surface area (Å²) in [6.45, 7) is 0.692. The lowest BCUT2D eigenvalue weighted by atomic mass is 10.1. The molecule has 2 amide bonds. The molecule has 0 spiro atoms. The molecule has 24 heavy (non-hydrogen) atoms. The van der Waals surface area contributed by atoms with Gasteiger partial charge in [0.05, 0.1) is 6.04 Å². The maximum absolute atomic E-state index is 12.7. The SMILES string of the molecule is O=C1CCC(C(=O)N2CCCC2c2nc(-c3ccccc3)n[nH]2)N1. The number of nitrogens with one attached hydrogen (secondary N) is 2. The minimum Gasteiger partial charge on any atom is -0.344 e. The highest BCUT2D eigenvalue weighted by Gasteiger charge is 2.38. The number of carbonyl (C=O) groups excluding carboxylic acids is 2. The van der Waals surface area contributed by atoms with Gasteiger partial charge in [-0.15, -0.1) is 0 Å². The quantitative estimate of drug-likeness (QED) is 0.893. The Labute approximate surface area is 139 Å². The Morgan fingerprint density at radius 1 is 1.21 bits per heavy atom. The van der Waals surface area contributed by atoms with Crippen LogP contribution in [0.2, 0.25) is 0 Å². The predicted molar refractivity (Wildman–Crippen MR) is 86.7 cm³/mol. The van der Waals surface area contributed by atoms with Crippen molar-refractivity contribution in [3.63, 3.8) is 0 Å². The highest BCUT2D eigenvalue weighted by Crippen LogP contribution is 2.32. The summed E-state index contributed by atoms with van der Waals surface area (Å²) in [4.78, 5) is 30.5. The first-order valence-corrected chi connectivity index (χ1v) is 8.30. The first kappa shape index (κ1) is 14.9. The van der Waals surface area contributed by atoms with Gasteiger partial charge in [-0.3, -0.25) is 14.7 Å². The van der Waals surface area contributed by atoms with Gasteiger partial charge in [0.25, 0.3) is 0 Å². The molecule has 0 bridgehead atoms. The number of hydrogen-bond donors (Lipinski definition) is 2. The molecule has 2 aromatic rings. The van der Waals surface area contributed by atoms with Crippen LogP contribution in [0.3, 0.4) is 0 Å². The van der Waals surface area contributed by atoms with Crippen molar-refractivity contribution in [3.05, 3.63) is 36.2 Å². The van der Waals surface area contributed by atoms with E-state index in [4.69, 9.17) is 0 Å². The molecule has 3 heterocycles. The monoisotopic (exact) mass is 325 g/mol. The summed E-state index contributed by atoms with van der Waals surface area (Å²) >= 11 is 0. The van der Waals surface area contributed by atoms with Gasteiger partial charge in [0.15, 0.2) is 5.82 Å². The van der Waals surface area contributed by atoms with Gasteiger partial charge in [-0.05, 0) is 19.3 Å². The summed E-state index contributed by atoms with van der Waals surface area (Å²) < 4.78 is 0. The van der Waals surface area contributed by atoms with Crippen molar-refractivity contribution in [1.29, 1.82) is 0 Å². The number of aromatic amines is 1. The predicted octanol–water partition coefficient (Wildman–Crippen LogP) is 1.41. The molecule has 2 atom stereocenters. The Hall–Kier alpha value is -2.70. The Morgan fingerprint density at radius 3 is 2.79 bits per heavy atom. The molecule has 2 unspecified atom stereocenters. The molecule has 2 saturated heterocycles. The summed E-state index contributed by atoms with van der Waals surface area (Å²) in [6, 6.07) is 9.26. The fourth-order valence-electron chi connectivity index (χ4n) is 3.45. The van der Waals surface area contributed by atoms with Gasteiger partial charge in [0.2, 0.25) is 11.8 Å². The Bertz CT molecular complexity index is 757. The molecule has 0 saturated carbocycles. The Balaban J connectivity index is 1.54. The summed E-state index contributed by atoms with van der Waals surface area (Å²) in [7, 11) is 0. The molecular formula is C17H19N5O2. The molecule has 7 nitrogen and oxygen atoms in total. The van der Waals surface area contributed by atoms with Gasteiger partial charge in [-0.25, -0.2) is 4.98 Å². The van der Waals surface area contributed by atoms with Crippen LogP contribution in [-0.4, -0.2) is 44.5 Å². The van der Waals surface area contributed by atoms with Crippen LogP contribution in [0.4, 0.5) is 0 Å². The van der Waals surface area contributed by atoms with E-state index in [1.165, 1.54) is 0 Å². The van der Waals surface area contributed by atoms with Crippen LogP contribution >= 0.6 is 0 Å². The minimum atomic E-state index is -0.394. The van der Waals surface area contributed by atoms with Crippen molar-refractivity contribution in [2.45, 2.75) is 37.8 Å². The Morgan fingerprint density at radius 2 is 2.04 bits per heavy atom. The van der Waals surface area contributed by atoms with Gasteiger partial charge < -0.3 is 10.2 Å². The number of nitrogens with zero attached hydrogens (tertiary/aromatic N) is 3. The molecule has 4 rings (SSSR count). The van der Waals surface area contributed by atoms with Crippen molar-refractivity contribution in [2.24, 2.45) is 0 Å². The minimum absolute atomic E-state index is 0.0130. The molecule has 1 aromatic carbocycles. The normalized spacial score (nSPS) is 23.5. The van der Waals surface area contributed by atoms with E-state index in [0.29, 0.717) is 31.0 Å². The van der Waals surface area contributed by atoms with Gasteiger partial charge in [0, 0.05) is 18.5 Å². The van der Waals surface area contributed by atoms with Crippen molar-refractivity contribution >= 4 is 11.8 Å². The van der Waals surface area contributed by atoms with Crippen molar-refractivity contribution in [2.75, 3.05) is 6.54 Å². The highest BCUT2D eigenvalue weighted by molar-refractivity contribution is 5.91. The zero-order valence-corrected chi connectivity index (χ0v) is 13.2. The number of hydrogen-bond acceptors (Lipinski definition) is 4. The number of aromatic nitrogens is 3. The van der Waals surface area contributed by atoms with Crippen LogP contribution in [0.5, 0.6) is 0 Å². The molecule has 2 fully saturated rings. The lowest BCUT2D eigenvalue weighted by Crippen LogP contribution is -2.44. The number of H-pyrrole nitrogens is 1. The highest BCUT2D eigenvalue weighted by atomic mass is 16.2. The summed E-state index contributed by atoms with van der Waals surface area (Å²) in [5.74, 6) is 1.29.